The Morgan fingerprint density at radius 1 is 1.20 bits per heavy atom. The van der Waals surface area contributed by atoms with E-state index >= 15 is 0 Å². The van der Waals surface area contributed by atoms with Crippen molar-refractivity contribution in [1.29, 1.82) is 5.26 Å². The lowest BCUT2D eigenvalue weighted by Crippen LogP contribution is -1.98. The van der Waals surface area contributed by atoms with E-state index in [0.29, 0.717) is 16.5 Å². The number of nitrogens with zero attached hydrogens (tertiary/aromatic N) is 5. The summed E-state index contributed by atoms with van der Waals surface area (Å²) in [5.74, 6) is 1.45. The Labute approximate surface area is 150 Å². The molecule has 0 fully saturated rings. The van der Waals surface area contributed by atoms with Crippen LogP contribution in [0.5, 0.6) is 5.75 Å². The molecule has 0 radical (unpaired) electrons. The molecule has 0 aliphatic heterocycles. The van der Waals surface area contributed by atoms with Gasteiger partial charge in [-0.2, -0.15) is 5.26 Å². The minimum Gasteiger partial charge on any atom is -0.496 e. The standard InChI is InChI=1S/C18H17N5OS/c1-11-9-16(14(10-19)12(2)20-11)25-18-22-21-17(23(18)3)13-7-5-6-8-15(13)24-4/h5-9H,1-4H3. The maximum Gasteiger partial charge on any atom is 0.196 e. The highest BCUT2D eigenvalue weighted by atomic mass is 32.2. The lowest BCUT2D eigenvalue weighted by Gasteiger charge is -2.09. The molecule has 0 aliphatic rings. The van der Waals surface area contributed by atoms with Crippen LogP contribution >= 0.6 is 11.8 Å². The molecular formula is C18H17N5OS. The Bertz CT molecular complexity index is 974. The van der Waals surface area contributed by atoms with Gasteiger partial charge in [0.25, 0.3) is 0 Å². The third-order valence-corrected chi connectivity index (χ3v) is 4.87. The minimum atomic E-state index is 0.567. The summed E-state index contributed by atoms with van der Waals surface area (Å²) in [5, 5.41) is 18.7. The van der Waals surface area contributed by atoms with Crippen LogP contribution in [0.2, 0.25) is 0 Å². The summed E-state index contributed by atoms with van der Waals surface area (Å²) in [5.41, 5.74) is 3.02. The molecule has 1 aromatic carbocycles. The van der Waals surface area contributed by atoms with Crippen molar-refractivity contribution in [2.24, 2.45) is 7.05 Å². The largest absolute Gasteiger partial charge is 0.496 e. The number of nitriles is 1. The highest BCUT2D eigenvalue weighted by Gasteiger charge is 2.17. The molecule has 0 saturated heterocycles. The van der Waals surface area contributed by atoms with E-state index in [4.69, 9.17) is 4.74 Å². The predicted octanol–water partition coefficient (Wildman–Crippen LogP) is 3.53. The normalized spacial score (nSPS) is 10.5. The number of para-hydroxylation sites is 1. The summed E-state index contributed by atoms with van der Waals surface area (Å²) in [6.07, 6.45) is 0. The van der Waals surface area contributed by atoms with Crippen molar-refractivity contribution in [1.82, 2.24) is 19.7 Å². The van der Waals surface area contributed by atoms with Crippen LogP contribution in [0.4, 0.5) is 0 Å². The summed E-state index contributed by atoms with van der Waals surface area (Å²) < 4.78 is 7.31. The van der Waals surface area contributed by atoms with E-state index in [2.05, 4.69) is 21.3 Å². The van der Waals surface area contributed by atoms with Gasteiger partial charge in [-0.1, -0.05) is 12.1 Å². The lowest BCUT2D eigenvalue weighted by atomic mass is 10.2. The molecule has 2 aromatic heterocycles. The summed E-state index contributed by atoms with van der Waals surface area (Å²) >= 11 is 1.41. The van der Waals surface area contributed by atoms with Gasteiger partial charge in [0.05, 0.1) is 23.9 Å². The monoisotopic (exact) mass is 351 g/mol. The second kappa shape index (κ2) is 6.95. The van der Waals surface area contributed by atoms with Gasteiger partial charge >= 0.3 is 0 Å². The summed E-state index contributed by atoms with van der Waals surface area (Å²) in [7, 11) is 3.53. The molecule has 0 amide bonds. The molecule has 3 aromatic rings. The average Bonchev–Trinajstić information content (AvgIpc) is 2.95. The summed E-state index contributed by atoms with van der Waals surface area (Å²) in [6, 6.07) is 11.8. The van der Waals surface area contributed by atoms with Crippen molar-refractivity contribution in [3.05, 3.63) is 47.3 Å². The number of benzene rings is 1. The van der Waals surface area contributed by atoms with Crippen molar-refractivity contribution in [3.63, 3.8) is 0 Å². The van der Waals surface area contributed by atoms with E-state index in [1.165, 1.54) is 11.8 Å². The highest BCUT2D eigenvalue weighted by molar-refractivity contribution is 7.99. The zero-order valence-corrected chi connectivity index (χ0v) is 15.3. The number of methoxy groups -OCH3 is 1. The second-order valence-corrected chi connectivity index (χ2v) is 6.51. The molecule has 0 aliphatic carbocycles. The topological polar surface area (TPSA) is 76.6 Å². The van der Waals surface area contributed by atoms with Gasteiger partial charge in [0.2, 0.25) is 0 Å². The van der Waals surface area contributed by atoms with Gasteiger partial charge in [0, 0.05) is 17.6 Å². The smallest absolute Gasteiger partial charge is 0.196 e. The van der Waals surface area contributed by atoms with Crippen LogP contribution in [0.25, 0.3) is 11.4 Å². The van der Waals surface area contributed by atoms with E-state index in [1.54, 1.807) is 7.11 Å². The van der Waals surface area contributed by atoms with Crippen molar-refractivity contribution < 1.29 is 4.74 Å². The molecule has 0 saturated carbocycles. The molecule has 0 N–H and O–H groups in total. The lowest BCUT2D eigenvalue weighted by molar-refractivity contribution is 0.416. The maximum absolute atomic E-state index is 9.43. The molecule has 126 valence electrons. The van der Waals surface area contributed by atoms with Crippen LogP contribution in [0.3, 0.4) is 0 Å². The van der Waals surface area contributed by atoms with Crippen LogP contribution in [-0.4, -0.2) is 26.9 Å². The Balaban J connectivity index is 2.03. The van der Waals surface area contributed by atoms with Crippen molar-refractivity contribution in [2.45, 2.75) is 23.9 Å². The SMILES string of the molecule is COc1ccccc1-c1nnc(Sc2cc(C)nc(C)c2C#N)n1C. The van der Waals surface area contributed by atoms with Gasteiger partial charge in [-0.15, -0.1) is 10.2 Å². The predicted molar refractivity (Wildman–Crippen MR) is 95.5 cm³/mol. The van der Waals surface area contributed by atoms with Crippen LogP contribution in [0.1, 0.15) is 17.0 Å². The van der Waals surface area contributed by atoms with Crippen molar-refractivity contribution in [2.75, 3.05) is 7.11 Å². The number of aromatic nitrogens is 4. The second-order valence-electron chi connectivity index (χ2n) is 5.50. The maximum atomic E-state index is 9.43. The number of ether oxygens (including phenoxy) is 1. The van der Waals surface area contributed by atoms with Crippen LogP contribution in [0.15, 0.2) is 40.4 Å². The number of hydrogen-bond acceptors (Lipinski definition) is 6. The van der Waals surface area contributed by atoms with E-state index in [0.717, 1.165) is 27.6 Å². The summed E-state index contributed by atoms with van der Waals surface area (Å²) in [6.45, 7) is 3.75. The molecule has 3 rings (SSSR count). The summed E-state index contributed by atoms with van der Waals surface area (Å²) in [4.78, 5) is 5.18. The third-order valence-electron chi connectivity index (χ3n) is 3.79. The molecule has 2 heterocycles. The Kier molecular flexibility index (Phi) is 4.72. The van der Waals surface area contributed by atoms with Gasteiger partial charge in [-0.25, -0.2) is 0 Å². The van der Waals surface area contributed by atoms with Gasteiger partial charge in [0.1, 0.15) is 11.8 Å². The number of pyridine rings is 1. The first-order valence-corrected chi connectivity index (χ1v) is 8.45. The van der Waals surface area contributed by atoms with Crippen molar-refractivity contribution in [3.8, 4) is 23.2 Å². The Hall–Kier alpha value is -2.85. The first-order chi connectivity index (χ1) is 12.0. The van der Waals surface area contributed by atoms with Gasteiger partial charge in [0.15, 0.2) is 11.0 Å². The van der Waals surface area contributed by atoms with E-state index in [9.17, 15) is 5.26 Å². The number of hydrogen-bond donors (Lipinski definition) is 0. The number of rotatable bonds is 4. The van der Waals surface area contributed by atoms with Crippen LogP contribution < -0.4 is 4.74 Å². The van der Waals surface area contributed by atoms with Crippen molar-refractivity contribution >= 4 is 11.8 Å². The van der Waals surface area contributed by atoms with E-state index in [-0.39, 0.29) is 0 Å². The van der Waals surface area contributed by atoms with Gasteiger partial charge in [-0.3, -0.25) is 4.98 Å². The first kappa shape index (κ1) is 17.0. The minimum absolute atomic E-state index is 0.567. The fourth-order valence-electron chi connectivity index (χ4n) is 2.58. The molecule has 25 heavy (non-hydrogen) atoms. The number of aryl methyl sites for hydroxylation is 2. The fourth-order valence-corrected chi connectivity index (χ4v) is 3.60. The molecule has 0 bridgehead atoms. The first-order valence-electron chi connectivity index (χ1n) is 7.64. The molecular weight excluding hydrogens is 334 g/mol. The van der Waals surface area contributed by atoms with Crippen LogP contribution in [0, 0.1) is 25.2 Å². The Morgan fingerprint density at radius 2 is 1.96 bits per heavy atom. The zero-order valence-electron chi connectivity index (χ0n) is 14.4. The molecule has 7 heteroatoms. The highest BCUT2D eigenvalue weighted by Crippen LogP contribution is 2.34. The molecule has 0 unspecified atom stereocenters. The van der Waals surface area contributed by atoms with Gasteiger partial charge in [-0.05, 0) is 43.8 Å². The van der Waals surface area contributed by atoms with Crippen LogP contribution in [-0.2, 0) is 7.05 Å². The zero-order chi connectivity index (χ0) is 18.0. The average molecular weight is 351 g/mol. The molecule has 0 spiro atoms. The quantitative estimate of drug-likeness (QED) is 0.716. The van der Waals surface area contributed by atoms with E-state index < -0.39 is 0 Å². The Morgan fingerprint density at radius 3 is 2.68 bits per heavy atom. The van der Waals surface area contributed by atoms with E-state index in [1.807, 2.05) is 55.8 Å². The fraction of sp³-hybridized carbons (Fsp3) is 0.222. The third kappa shape index (κ3) is 3.21. The van der Waals surface area contributed by atoms with Gasteiger partial charge < -0.3 is 9.30 Å². The molecule has 0 atom stereocenters. The molecule has 6 nitrogen and oxygen atoms in total.